The number of aryl methyl sites for hydroxylation is 1. The lowest BCUT2D eigenvalue weighted by Crippen LogP contribution is -2.16. The fourth-order valence-electron chi connectivity index (χ4n) is 2.62. The fourth-order valence-corrected chi connectivity index (χ4v) is 2.79. The number of hydrogen-bond donors (Lipinski definition) is 1. The molecule has 0 radical (unpaired) electrons. The Hall–Kier alpha value is -0.640. The summed E-state index contributed by atoms with van der Waals surface area (Å²) in [6, 6.07) is 0. The summed E-state index contributed by atoms with van der Waals surface area (Å²) in [6.45, 7) is 4.26. The van der Waals surface area contributed by atoms with Gasteiger partial charge in [-0.25, -0.2) is 9.97 Å². The lowest BCUT2D eigenvalue weighted by molar-refractivity contribution is 0.312. The minimum absolute atomic E-state index is 0.506. The van der Waals surface area contributed by atoms with Crippen molar-refractivity contribution in [1.29, 1.82) is 0 Å². The van der Waals surface area contributed by atoms with E-state index in [4.69, 9.17) is 5.73 Å². The van der Waals surface area contributed by atoms with Crippen molar-refractivity contribution in [2.24, 2.45) is 5.92 Å². The average molecular weight is 298 g/mol. The Morgan fingerprint density at radius 2 is 1.88 bits per heavy atom. The van der Waals surface area contributed by atoms with Crippen LogP contribution in [-0.2, 0) is 0 Å². The smallest absolute Gasteiger partial charge is 0.141 e. The molecule has 0 amide bonds. The van der Waals surface area contributed by atoms with Crippen LogP contribution < -0.4 is 5.73 Å². The van der Waals surface area contributed by atoms with E-state index in [1.165, 1.54) is 32.1 Å². The van der Waals surface area contributed by atoms with Crippen LogP contribution in [0.5, 0.6) is 0 Å². The van der Waals surface area contributed by atoms with Crippen molar-refractivity contribution in [3.05, 3.63) is 16.0 Å². The Morgan fingerprint density at radius 3 is 2.41 bits per heavy atom. The van der Waals surface area contributed by atoms with Crippen LogP contribution in [0.4, 0.5) is 5.82 Å². The molecule has 0 unspecified atom stereocenters. The maximum Gasteiger partial charge on any atom is 0.141 e. The van der Waals surface area contributed by atoms with Gasteiger partial charge in [0.25, 0.3) is 0 Å². The predicted molar refractivity (Wildman–Crippen MR) is 73.9 cm³/mol. The first-order chi connectivity index (χ1) is 8.11. The van der Waals surface area contributed by atoms with E-state index in [2.05, 4.69) is 32.8 Å². The zero-order valence-corrected chi connectivity index (χ0v) is 12.1. The minimum Gasteiger partial charge on any atom is -0.383 e. The number of halogens is 1. The van der Waals surface area contributed by atoms with Crippen molar-refractivity contribution in [3.8, 4) is 0 Å². The standard InChI is InChI=1S/C13H20BrN3/c1-3-9-4-6-10(7-5-9)13-16-8(2)11(14)12(15)17-13/h9-10H,3-7H2,1-2H3,(H2,15,16,17). The van der Waals surface area contributed by atoms with Gasteiger partial charge in [0.1, 0.15) is 11.6 Å². The molecule has 1 saturated carbocycles. The van der Waals surface area contributed by atoms with E-state index in [9.17, 15) is 0 Å². The van der Waals surface area contributed by atoms with Gasteiger partial charge in [-0.05, 0) is 54.5 Å². The number of nitrogen functional groups attached to an aromatic ring is 1. The summed E-state index contributed by atoms with van der Waals surface area (Å²) < 4.78 is 0.837. The molecule has 0 bridgehead atoms. The van der Waals surface area contributed by atoms with E-state index in [1.54, 1.807) is 0 Å². The summed E-state index contributed by atoms with van der Waals surface area (Å²) in [5.74, 6) is 2.93. The van der Waals surface area contributed by atoms with Crippen molar-refractivity contribution in [1.82, 2.24) is 9.97 Å². The van der Waals surface area contributed by atoms with Gasteiger partial charge >= 0.3 is 0 Å². The van der Waals surface area contributed by atoms with Gasteiger partial charge in [-0.1, -0.05) is 13.3 Å². The van der Waals surface area contributed by atoms with Crippen LogP contribution in [0.15, 0.2) is 4.47 Å². The van der Waals surface area contributed by atoms with E-state index < -0.39 is 0 Å². The van der Waals surface area contributed by atoms with Crippen molar-refractivity contribution >= 4 is 21.7 Å². The molecule has 17 heavy (non-hydrogen) atoms. The number of hydrogen-bond acceptors (Lipinski definition) is 3. The molecule has 1 heterocycles. The average Bonchev–Trinajstić information content (AvgIpc) is 2.35. The number of nitrogens with zero attached hydrogens (tertiary/aromatic N) is 2. The summed E-state index contributed by atoms with van der Waals surface area (Å²) >= 11 is 3.41. The topological polar surface area (TPSA) is 51.8 Å². The van der Waals surface area contributed by atoms with Crippen molar-refractivity contribution in [2.45, 2.75) is 51.9 Å². The van der Waals surface area contributed by atoms with E-state index >= 15 is 0 Å². The van der Waals surface area contributed by atoms with Crippen LogP contribution in [0.25, 0.3) is 0 Å². The van der Waals surface area contributed by atoms with Gasteiger partial charge in [0, 0.05) is 5.92 Å². The van der Waals surface area contributed by atoms with Gasteiger partial charge in [-0.3, -0.25) is 0 Å². The Balaban J connectivity index is 2.13. The van der Waals surface area contributed by atoms with Crippen molar-refractivity contribution in [2.75, 3.05) is 5.73 Å². The Labute approximate surface area is 111 Å². The molecular weight excluding hydrogens is 278 g/mol. The fraction of sp³-hybridized carbons (Fsp3) is 0.692. The van der Waals surface area contributed by atoms with E-state index in [-0.39, 0.29) is 0 Å². The molecule has 1 aromatic heterocycles. The van der Waals surface area contributed by atoms with Gasteiger partial charge in [0.05, 0.1) is 10.2 Å². The molecule has 0 atom stereocenters. The van der Waals surface area contributed by atoms with Crippen molar-refractivity contribution in [3.63, 3.8) is 0 Å². The van der Waals surface area contributed by atoms with Crippen molar-refractivity contribution < 1.29 is 0 Å². The maximum atomic E-state index is 5.88. The summed E-state index contributed by atoms with van der Waals surface area (Å²) in [5, 5.41) is 0. The molecule has 0 saturated heterocycles. The molecule has 4 heteroatoms. The highest BCUT2D eigenvalue weighted by Gasteiger charge is 2.24. The van der Waals surface area contributed by atoms with Gasteiger partial charge in [0.15, 0.2) is 0 Å². The summed E-state index contributed by atoms with van der Waals surface area (Å²) in [5.41, 5.74) is 6.83. The first kappa shape index (κ1) is 12.8. The van der Waals surface area contributed by atoms with E-state index in [1.807, 2.05) is 6.92 Å². The highest BCUT2D eigenvalue weighted by atomic mass is 79.9. The van der Waals surface area contributed by atoms with Gasteiger partial charge in [-0.2, -0.15) is 0 Å². The lowest BCUT2D eigenvalue weighted by Gasteiger charge is -2.27. The summed E-state index contributed by atoms with van der Waals surface area (Å²) in [6.07, 6.45) is 6.33. The third kappa shape index (κ3) is 2.79. The van der Waals surface area contributed by atoms with Gasteiger partial charge < -0.3 is 5.73 Å². The third-order valence-electron chi connectivity index (χ3n) is 3.85. The molecule has 0 aromatic carbocycles. The number of rotatable bonds is 2. The van der Waals surface area contributed by atoms with E-state index in [0.29, 0.717) is 11.7 Å². The van der Waals surface area contributed by atoms with Crippen LogP contribution in [0.1, 0.15) is 56.5 Å². The molecule has 1 aliphatic rings. The molecule has 2 N–H and O–H groups in total. The second-order valence-electron chi connectivity index (χ2n) is 4.99. The number of aromatic nitrogens is 2. The maximum absolute atomic E-state index is 5.88. The molecule has 1 aliphatic carbocycles. The van der Waals surface area contributed by atoms with Crippen LogP contribution in [0.2, 0.25) is 0 Å². The summed E-state index contributed by atoms with van der Waals surface area (Å²) in [7, 11) is 0. The molecule has 0 spiro atoms. The second kappa shape index (κ2) is 5.34. The molecular formula is C13H20BrN3. The van der Waals surface area contributed by atoms with Gasteiger partial charge in [-0.15, -0.1) is 0 Å². The Morgan fingerprint density at radius 1 is 1.24 bits per heavy atom. The largest absolute Gasteiger partial charge is 0.383 e. The first-order valence-corrected chi connectivity index (χ1v) is 7.20. The third-order valence-corrected chi connectivity index (χ3v) is 4.83. The molecule has 2 rings (SSSR count). The molecule has 3 nitrogen and oxygen atoms in total. The highest BCUT2D eigenvalue weighted by molar-refractivity contribution is 9.10. The molecule has 94 valence electrons. The molecule has 1 fully saturated rings. The monoisotopic (exact) mass is 297 g/mol. The zero-order valence-electron chi connectivity index (χ0n) is 10.5. The Kier molecular flexibility index (Phi) is 4.02. The molecule has 1 aromatic rings. The zero-order chi connectivity index (χ0) is 12.4. The quantitative estimate of drug-likeness (QED) is 0.903. The summed E-state index contributed by atoms with van der Waals surface area (Å²) in [4.78, 5) is 9.00. The minimum atomic E-state index is 0.506. The van der Waals surface area contributed by atoms with Crippen LogP contribution >= 0.6 is 15.9 Å². The highest BCUT2D eigenvalue weighted by Crippen LogP contribution is 2.36. The number of anilines is 1. The Bertz CT molecular complexity index is 375. The van der Waals surface area contributed by atoms with Crippen LogP contribution in [-0.4, -0.2) is 9.97 Å². The SMILES string of the molecule is CCC1CCC(c2nc(C)c(Br)c(N)n2)CC1. The lowest BCUT2D eigenvalue weighted by atomic mass is 9.80. The second-order valence-corrected chi connectivity index (χ2v) is 5.79. The normalized spacial score (nSPS) is 24.9. The predicted octanol–water partition coefficient (Wildman–Crippen LogP) is 3.81. The first-order valence-electron chi connectivity index (χ1n) is 6.41. The molecule has 0 aliphatic heterocycles. The number of nitrogens with two attached hydrogens (primary N) is 1. The van der Waals surface area contributed by atoms with Crippen LogP contribution in [0, 0.1) is 12.8 Å². The van der Waals surface area contributed by atoms with Gasteiger partial charge in [0.2, 0.25) is 0 Å². The van der Waals surface area contributed by atoms with E-state index in [0.717, 1.165) is 21.9 Å². The van der Waals surface area contributed by atoms with Crippen LogP contribution in [0.3, 0.4) is 0 Å².